The van der Waals surface area contributed by atoms with E-state index in [4.69, 9.17) is 11.6 Å². The van der Waals surface area contributed by atoms with Gasteiger partial charge in [-0.25, -0.2) is 0 Å². The maximum atomic E-state index is 12.6. The zero-order chi connectivity index (χ0) is 18.8. The lowest BCUT2D eigenvalue weighted by molar-refractivity contribution is -0.121. The van der Waals surface area contributed by atoms with Crippen LogP contribution >= 0.6 is 11.6 Å². The van der Waals surface area contributed by atoms with Crippen molar-refractivity contribution in [3.63, 3.8) is 0 Å². The molecular weight excluding hydrogens is 360 g/mol. The summed E-state index contributed by atoms with van der Waals surface area (Å²) in [5.74, 6) is 0.710. The van der Waals surface area contributed by atoms with Gasteiger partial charge in [0.15, 0.2) is 0 Å². The van der Waals surface area contributed by atoms with Gasteiger partial charge < -0.3 is 10.2 Å². The van der Waals surface area contributed by atoms with E-state index in [1.54, 1.807) is 0 Å². The fourth-order valence-corrected chi connectivity index (χ4v) is 3.82. The lowest BCUT2D eigenvalue weighted by atomic mass is 10.0. The number of carbonyl (C=O) groups is 2. The van der Waals surface area contributed by atoms with Gasteiger partial charge >= 0.3 is 0 Å². The molecule has 4 rings (SSSR count). The summed E-state index contributed by atoms with van der Waals surface area (Å²) in [7, 11) is 0. The molecule has 0 spiro atoms. The molecule has 140 valence electrons. The van der Waals surface area contributed by atoms with Crippen LogP contribution in [0.5, 0.6) is 0 Å². The summed E-state index contributed by atoms with van der Waals surface area (Å²) in [5, 5.41) is 3.90. The minimum absolute atomic E-state index is 0.0202. The molecule has 2 aliphatic rings. The van der Waals surface area contributed by atoms with Gasteiger partial charge in [0.05, 0.1) is 12.5 Å². The Labute approximate surface area is 164 Å². The first-order valence-corrected chi connectivity index (χ1v) is 9.92. The number of carbonyl (C=O) groups excluding carboxylic acids is 2. The summed E-state index contributed by atoms with van der Waals surface area (Å²) in [6, 6.07) is 15.5. The highest BCUT2D eigenvalue weighted by molar-refractivity contribution is 6.30. The van der Waals surface area contributed by atoms with Crippen molar-refractivity contribution < 1.29 is 9.59 Å². The minimum Gasteiger partial charge on any atom is -0.349 e. The van der Waals surface area contributed by atoms with E-state index >= 15 is 0 Å². The number of rotatable bonds is 6. The summed E-state index contributed by atoms with van der Waals surface area (Å²) in [6.07, 6.45) is 4.16. The zero-order valence-corrected chi connectivity index (χ0v) is 15.9. The summed E-state index contributed by atoms with van der Waals surface area (Å²) < 4.78 is 0. The average molecular weight is 383 g/mol. The largest absolute Gasteiger partial charge is 0.349 e. The fraction of sp³-hybridized carbons (Fsp3) is 0.364. The van der Waals surface area contributed by atoms with Crippen molar-refractivity contribution >= 4 is 29.1 Å². The van der Waals surface area contributed by atoms with Crippen LogP contribution in [0.3, 0.4) is 0 Å². The van der Waals surface area contributed by atoms with Crippen LogP contribution in [-0.4, -0.2) is 18.4 Å². The first kappa shape index (κ1) is 18.1. The minimum atomic E-state index is 0.0202. The van der Waals surface area contributed by atoms with Crippen LogP contribution in [0.15, 0.2) is 48.5 Å². The Balaban J connectivity index is 1.39. The molecule has 1 aliphatic carbocycles. The van der Waals surface area contributed by atoms with Gasteiger partial charge in [-0.05, 0) is 60.6 Å². The third-order valence-corrected chi connectivity index (χ3v) is 5.58. The van der Waals surface area contributed by atoms with Crippen molar-refractivity contribution in [1.29, 1.82) is 0 Å². The summed E-state index contributed by atoms with van der Waals surface area (Å²) in [6.45, 7) is 0.781. The first-order valence-electron chi connectivity index (χ1n) is 9.54. The van der Waals surface area contributed by atoms with Gasteiger partial charge in [0.25, 0.3) is 0 Å². The molecule has 4 nitrogen and oxygen atoms in total. The van der Waals surface area contributed by atoms with Gasteiger partial charge in [0, 0.05) is 23.7 Å². The second-order valence-electron chi connectivity index (χ2n) is 7.43. The van der Waals surface area contributed by atoms with Gasteiger partial charge in [0.2, 0.25) is 11.8 Å². The van der Waals surface area contributed by atoms with E-state index in [0.29, 0.717) is 23.8 Å². The second kappa shape index (κ2) is 7.73. The van der Waals surface area contributed by atoms with Crippen molar-refractivity contribution in [3.8, 4) is 0 Å². The number of hydrogen-bond donors (Lipinski definition) is 1. The summed E-state index contributed by atoms with van der Waals surface area (Å²) in [5.41, 5.74) is 2.98. The molecule has 27 heavy (non-hydrogen) atoms. The normalized spacial score (nSPS) is 17.8. The smallest absolute Gasteiger partial charge is 0.227 e. The molecule has 0 bridgehead atoms. The summed E-state index contributed by atoms with van der Waals surface area (Å²) in [4.78, 5) is 26.2. The maximum absolute atomic E-state index is 12.6. The van der Waals surface area contributed by atoms with E-state index in [0.717, 1.165) is 42.6 Å². The standard InChI is InChI=1S/C22H23ClN2O2/c23-18-9-7-17(8-10-18)22(16-5-6-16)24-20(26)14-15-3-11-19(12-4-15)25-13-1-2-21(25)27/h3-4,7-12,16,22H,1-2,5-6,13-14H2,(H,24,26)/t22-/m0/s1. The van der Waals surface area contributed by atoms with E-state index in [1.165, 1.54) is 0 Å². The third-order valence-electron chi connectivity index (χ3n) is 5.33. The maximum Gasteiger partial charge on any atom is 0.227 e. The van der Waals surface area contributed by atoms with Crippen molar-refractivity contribution in [3.05, 3.63) is 64.7 Å². The average Bonchev–Trinajstić information content (AvgIpc) is 3.42. The molecule has 1 atom stereocenters. The number of hydrogen-bond acceptors (Lipinski definition) is 2. The number of anilines is 1. The SMILES string of the molecule is O=C(Cc1ccc(N2CCCC2=O)cc1)N[C@H](c1ccc(Cl)cc1)C1CC1. The van der Waals surface area contributed by atoms with Crippen LogP contribution in [0.25, 0.3) is 0 Å². The molecule has 1 N–H and O–H groups in total. The molecule has 2 amide bonds. The Bertz CT molecular complexity index is 828. The number of nitrogens with one attached hydrogen (secondary N) is 1. The van der Waals surface area contributed by atoms with Crippen molar-refractivity contribution in [2.75, 3.05) is 11.4 Å². The highest BCUT2D eigenvalue weighted by Gasteiger charge is 2.33. The highest BCUT2D eigenvalue weighted by atomic mass is 35.5. The van der Waals surface area contributed by atoms with E-state index in [1.807, 2.05) is 53.4 Å². The molecule has 0 aromatic heterocycles. The van der Waals surface area contributed by atoms with Crippen molar-refractivity contribution in [2.24, 2.45) is 5.92 Å². The number of amides is 2. The fourth-order valence-electron chi connectivity index (χ4n) is 3.70. The van der Waals surface area contributed by atoms with E-state index < -0.39 is 0 Å². The molecule has 2 fully saturated rings. The molecular formula is C22H23ClN2O2. The number of halogens is 1. The predicted octanol–water partition coefficient (Wildman–Crippen LogP) is 4.28. The Morgan fingerprint density at radius 1 is 1.11 bits per heavy atom. The van der Waals surface area contributed by atoms with Crippen molar-refractivity contribution in [1.82, 2.24) is 5.32 Å². The van der Waals surface area contributed by atoms with E-state index in [-0.39, 0.29) is 17.9 Å². The molecule has 5 heteroatoms. The molecule has 1 aliphatic heterocycles. The van der Waals surface area contributed by atoms with Crippen LogP contribution in [0.2, 0.25) is 5.02 Å². The van der Waals surface area contributed by atoms with Crippen LogP contribution < -0.4 is 10.2 Å². The van der Waals surface area contributed by atoms with Gasteiger partial charge in [-0.2, -0.15) is 0 Å². The second-order valence-corrected chi connectivity index (χ2v) is 7.86. The summed E-state index contributed by atoms with van der Waals surface area (Å²) >= 11 is 5.98. The van der Waals surface area contributed by atoms with E-state index in [9.17, 15) is 9.59 Å². The lowest BCUT2D eigenvalue weighted by Crippen LogP contribution is -2.31. The van der Waals surface area contributed by atoms with Crippen LogP contribution in [-0.2, 0) is 16.0 Å². The molecule has 0 radical (unpaired) electrons. The van der Waals surface area contributed by atoms with Crippen molar-refractivity contribution in [2.45, 2.75) is 38.1 Å². The molecule has 1 saturated heterocycles. The molecule has 0 unspecified atom stereocenters. The Morgan fingerprint density at radius 3 is 2.41 bits per heavy atom. The third kappa shape index (κ3) is 4.33. The quantitative estimate of drug-likeness (QED) is 0.810. The monoisotopic (exact) mass is 382 g/mol. The Morgan fingerprint density at radius 2 is 1.81 bits per heavy atom. The zero-order valence-electron chi connectivity index (χ0n) is 15.2. The highest BCUT2D eigenvalue weighted by Crippen LogP contribution is 2.41. The Hall–Kier alpha value is -2.33. The lowest BCUT2D eigenvalue weighted by Gasteiger charge is -2.19. The number of benzene rings is 2. The molecule has 2 aromatic carbocycles. The topological polar surface area (TPSA) is 49.4 Å². The predicted molar refractivity (Wildman–Crippen MR) is 107 cm³/mol. The van der Waals surface area contributed by atoms with Gasteiger partial charge in [0.1, 0.15) is 0 Å². The number of nitrogens with zero attached hydrogens (tertiary/aromatic N) is 1. The molecule has 1 saturated carbocycles. The first-order chi connectivity index (χ1) is 13.1. The van der Waals surface area contributed by atoms with Gasteiger partial charge in [-0.1, -0.05) is 35.9 Å². The molecule has 2 aromatic rings. The Kier molecular flexibility index (Phi) is 5.17. The van der Waals surface area contributed by atoms with Gasteiger partial charge in [-0.3, -0.25) is 9.59 Å². The van der Waals surface area contributed by atoms with Crippen LogP contribution in [0.1, 0.15) is 42.9 Å². The van der Waals surface area contributed by atoms with Gasteiger partial charge in [-0.15, -0.1) is 0 Å². The van der Waals surface area contributed by atoms with Crippen LogP contribution in [0, 0.1) is 5.92 Å². The van der Waals surface area contributed by atoms with Crippen LogP contribution in [0.4, 0.5) is 5.69 Å². The van der Waals surface area contributed by atoms with E-state index in [2.05, 4.69) is 5.32 Å². The molecule has 1 heterocycles.